The monoisotopic (exact) mass is 366 g/mol. The van der Waals surface area contributed by atoms with Crippen LogP contribution in [0.5, 0.6) is 0 Å². The first kappa shape index (κ1) is 20.2. The van der Waals surface area contributed by atoms with E-state index in [2.05, 4.69) is 0 Å². The van der Waals surface area contributed by atoms with Crippen molar-refractivity contribution in [1.82, 2.24) is 0 Å². The van der Waals surface area contributed by atoms with Crippen LogP contribution >= 0.6 is 11.6 Å². The normalized spacial score (nSPS) is 29.3. The number of hydrogen-bond donors (Lipinski definition) is 0. The molecule has 1 heterocycles. The molecule has 0 saturated carbocycles. The molecule has 9 nitrogen and oxygen atoms in total. The average Bonchev–Trinajstić information content (AvgIpc) is 2.42. The molecule has 0 radical (unpaired) electrons. The summed E-state index contributed by atoms with van der Waals surface area (Å²) in [5.74, 6) is -2.67. The van der Waals surface area contributed by atoms with E-state index >= 15 is 0 Å². The molecule has 1 aliphatic heterocycles. The van der Waals surface area contributed by atoms with Crippen LogP contribution in [-0.2, 0) is 42.9 Å². The molecule has 136 valence electrons. The van der Waals surface area contributed by atoms with Gasteiger partial charge in [0.15, 0.2) is 23.9 Å². The molecular weight excluding hydrogens is 348 g/mol. The molecule has 10 heteroatoms. The third kappa shape index (κ3) is 5.97. The standard InChI is InChI=1S/C14H19ClO9/c1-6(16)20-5-10-11(21-7(2)17)12(22-8(3)18)13(14(15)24-10)23-9(4)19/h10-14H,5H2,1-4H3/t10-,11-,12+,13+,14+/m1/s1. The molecule has 0 bridgehead atoms. The van der Waals surface area contributed by atoms with E-state index in [1.165, 1.54) is 6.92 Å². The van der Waals surface area contributed by atoms with Crippen molar-refractivity contribution in [3.63, 3.8) is 0 Å². The van der Waals surface area contributed by atoms with Gasteiger partial charge in [0.05, 0.1) is 0 Å². The SMILES string of the molecule is CC(=O)OC[C@H]1O[C@H](Cl)[C@@H](OC(C)=O)[C@@H](OC(C)=O)[C@@H]1OC(C)=O. The van der Waals surface area contributed by atoms with Crippen molar-refractivity contribution < 1.29 is 42.9 Å². The van der Waals surface area contributed by atoms with Crippen molar-refractivity contribution >= 4 is 35.5 Å². The minimum Gasteiger partial charge on any atom is -0.463 e. The minimum absolute atomic E-state index is 0.291. The number of esters is 4. The van der Waals surface area contributed by atoms with Gasteiger partial charge in [-0.3, -0.25) is 19.2 Å². The maximum atomic E-state index is 11.4. The van der Waals surface area contributed by atoms with Crippen LogP contribution in [0, 0.1) is 0 Å². The molecule has 24 heavy (non-hydrogen) atoms. The lowest BCUT2D eigenvalue weighted by Crippen LogP contribution is -2.61. The molecule has 0 aromatic rings. The van der Waals surface area contributed by atoms with Gasteiger partial charge in [0.1, 0.15) is 12.7 Å². The second kappa shape index (κ2) is 8.84. The van der Waals surface area contributed by atoms with Crippen molar-refractivity contribution in [2.24, 2.45) is 0 Å². The molecule has 1 aliphatic rings. The van der Waals surface area contributed by atoms with Crippen LogP contribution in [-0.4, -0.2) is 60.5 Å². The number of rotatable bonds is 5. The lowest BCUT2D eigenvalue weighted by molar-refractivity contribution is -0.238. The Morgan fingerprint density at radius 1 is 0.792 bits per heavy atom. The maximum Gasteiger partial charge on any atom is 0.303 e. The Morgan fingerprint density at radius 2 is 1.25 bits per heavy atom. The fourth-order valence-electron chi connectivity index (χ4n) is 2.18. The number of hydrogen-bond acceptors (Lipinski definition) is 9. The average molecular weight is 367 g/mol. The summed E-state index contributed by atoms with van der Waals surface area (Å²) in [5.41, 5.74) is -1.20. The summed E-state index contributed by atoms with van der Waals surface area (Å²) in [5, 5.41) is 0. The highest BCUT2D eigenvalue weighted by Crippen LogP contribution is 2.30. The number of ether oxygens (including phenoxy) is 5. The van der Waals surface area contributed by atoms with Crippen molar-refractivity contribution in [3.05, 3.63) is 0 Å². The Labute approximate surface area is 143 Å². The Balaban J connectivity index is 3.11. The first-order valence-electron chi connectivity index (χ1n) is 7.06. The first-order valence-corrected chi connectivity index (χ1v) is 7.50. The van der Waals surface area contributed by atoms with Crippen molar-refractivity contribution in [1.29, 1.82) is 0 Å². The summed E-state index contributed by atoms with van der Waals surface area (Å²) in [6.07, 6.45) is -4.60. The van der Waals surface area contributed by atoms with Gasteiger partial charge in [-0.1, -0.05) is 11.6 Å². The zero-order valence-corrected chi connectivity index (χ0v) is 14.4. The lowest BCUT2D eigenvalue weighted by atomic mass is 9.99. The third-order valence-corrected chi connectivity index (χ3v) is 3.29. The van der Waals surface area contributed by atoms with Crippen molar-refractivity contribution in [3.8, 4) is 0 Å². The van der Waals surface area contributed by atoms with Crippen LogP contribution in [0.4, 0.5) is 0 Å². The highest BCUT2D eigenvalue weighted by atomic mass is 35.5. The van der Waals surface area contributed by atoms with Gasteiger partial charge in [-0.2, -0.15) is 0 Å². The Bertz CT molecular complexity index is 506. The van der Waals surface area contributed by atoms with Gasteiger partial charge >= 0.3 is 23.9 Å². The fraction of sp³-hybridized carbons (Fsp3) is 0.714. The zero-order valence-electron chi connectivity index (χ0n) is 13.6. The lowest BCUT2D eigenvalue weighted by Gasteiger charge is -2.42. The van der Waals surface area contributed by atoms with Gasteiger partial charge in [0.25, 0.3) is 0 Å². The predicted molar refractivity (Wildman–Crippen MR) is 77.8 cm³/mol. The molecule has 0 aliphatic carbocycles. The summed E-state index contributed by atoms with van der Waals surface area (Å²) < 4.78 is 25.6. The van der Waals surface area contributed by atoms with E-state index in [0.29, 0.717) is 0 Å². The van der Waals surface area contributed by atoms with Crippen LogP contribution in [0.15, 0.2) is 0 Å². The topological polar surface area (TPSA) is 114 Å². The molecule has 1 saturated heterocycles. The largest absolute Gasteiger partial charge is 0.463 e. The second-order valence-corrected chi connectivity index (χ2v) is 5.48. The number of halogens is 1. The van der Waals surface area contributed by atoms with Crippen molar-refractivity contribution in [2.45, 2.75) is 57.7 Å². The summed E-state index contributed by atoms with van der Waals surface area (Å²) in [6.45, 7) is 4.31. The Kier molecular flexibility index (Phi) is 7.43. The van der Waals surface area contributed by atoms with Gasteiger partial charge in [-0.25, -0.2) is 0 Å². The van der Waals surface area contributed by atoms with Crippen molar-refractivity contribution in [2.75, 3.05) is 6.61 Å². The maximum absolute atomic E-state index is 11.4. The quantitative estimate of drug-likeness (QED) is 0.385. The van der Waals surface area contributed by atoms with Gasteiger partial charge in [-0.15, -0.1) is 0 Å². The molecule has 0 amide bonds. The number of carbonyl (C=O) groups is 4. The van der Waals surface area contributed by atoms with E-state index in [1.807, 2.05) is 0 Å². The van der Waals surface area contributed by atoms with Gasteiger partial charge in [0, 0.05) is 27.7 Å². The number of carbonyl (C=O) groups excluding carboxylic acids is 4. The molecule has 1 fully saturated rings. The van der Waals surface area contributed by atoms with Crippen LogP contribution in [0.3, 0.4) is 0 Å². The molecule has 0 aromatic heterocycles. The second-order valence-electron chi connectivity index (χ2n) is 5.05. The Hall–Kier alpha value is -1.87. The fourth-order valence-corrected chi connectivity index (χ4v) is 2.50. The summed E-state index contributed by atoms with van der Waals surface area (Å²) in [6, 6.07) is 0. The molecule has 0 spiro atoms. The van der Waals surface area contributed by atoms with Crippen LogP contribution in [0.25, 0.3) is 0 Å². The van der Waals surface area contributed by atoms with Crippen LogP contribution in [0.2, 0.25) is 0 Å². The Morgan fingerprint density at radius 3 is 1.71 bits per heavy atom. The predicted octanol–water partition coefficient (Wildman–Crippen LogP) is 0.308. The highest BCUT2D eigenvalue weighted by Gasteiger charge is 2.51. The first-order chi connectivity index (χ1) is 11.1. The molecule has 0 unspecified atom stereocenters. The van der Waals surface area contributed by atoms with Crippen LogP contribution in [0.1, 0.15) is 27.7 Å². The minimum atomic E-state index is -1.22. The van der Waals surface area contributed by atoms with Gasteiger partial charge < -0.3 is 23.7 Å². The van der Waals surface area contributed by atoms with Crippen LogP contribution < -0.4 is 0 Å². The van der Waals surface area contributed by atoms with E-state index in [9.17, 15) is 19.2 Å². The molecule has 0 N–H and O–H groups in total. The molecule has 0 aromatic carbocycles. The summed E-state index contributed by atoms with van der Waals surface area (Å²) in [7, 11) is 0. The molecular formula is C14H19ClO9. The van der Waals surface area contributed by atoms with E-state index < -0.39 is 53.9 Å². The summed E-state index contributed by atoms with van der Waals surface area (Å²) >= 11 is 6.05. The zero-order chi connectivity index (χ0) is 18.4. The number of alkyl halides is 1. The van der Waals surface area contributed by atoms with E-state index in [0.717, 1.165) is 20.8 Å². The highest BCUT2D eigenvalue weighted by molar-refractivity contribution is 6.20. The smallest absolute Gasteiger partial charge is 0.303 e. The van der Waals surface area contributed by atoms with Gasteiger partial charge in [0.2, 0.25) is 0 Å². The third-order valence-electron chi connectivity index (χ3n) is 2.93. The van der Waals surface area contributed by atoms with E-state index in [-0.39, 0.29) is 6.61 Å². The van der Waals surface area contributed by atoms with E-state index in [1.54, 1.807) is 0 Å². The van der Waals surface area contributed by atoms with Gasteiger partial charge in [-0.05, 0) is 0 Å². The molecule has 5 atom stereocenters. The molecule has 1 rings (SSSR count). The summed E-state index contributed by atoms with van der Waals surface area (Å²) in [4.78, 5) is 45.0. The van der Waals surface area contributed by atoms with E-state index in [4.69, 9.17) is 35.3 Å².